The van der Waals surface area contributed by atoms with E-state index in [1.54, 1.807) is 24.3 Å². The highest BCUT2D eigenvalue weighted by Gasteiger charge is 2.17. The number of aromatic hydroxyl groups is 1. The van der Waals surface area contributed by atoms with Gasteiger partial charge in [-0.25, -0.2) is 0 Å². The molecule has 1 aromatic carbocycles. The molecule has 38 heavy (non-hydrogen) atoms. The van der Waals surface area contributed by atoms with Crippen molar-refractivity contribution in [1.82, 2.24) is 20.9 Å². The molecule has 1 aliphatic rings. The SMILES string of the molecule is CCN(CC)c1[nH]cc2c1CCCC2.COc1cc(CNCCCNCCCCNCCCN)ccc1O. The Balaban J connectivity index is 0.000000304. The molecular weight excluding hydrogens is 476 g/mol. The number of unbranched alkanes of at least 4 members (excludes halogenated alkanes) is 1. The van der Waals surface area contributed by atoms with Crippen LogP contribution < -0.4 is 31.3 Å². The maximum atomic E-state index is 9.56. The molecule has 0 saturated heterocycles. The number of rotatable bonds is 18. The van der Waals surface area contributed by atoms with Crippen molar-refractivity contribution in [2.75, 3.05) is 64.4 Å². The Morgan fingerprint density at radius 2 is 1.58 bits per heavy atom. The number of fused-ring (bicyclic) bond motifs is 1. The molecule has 216 valence electrons. The molecule has 0 radical (unpaired) electrons. The fourth-order valence-corrected chi connectivity index (χ4v) is 4.80. The maximum Gasteiger partial charge on any atom is 0.160 e. The van der Waals surface area contributed by atoms with Crippen LogP contribution in [-0.2, 0) is 19.4 Å². The minimum Gasteiger partial charge on any atom is -0.504 e. The number of aromatic amines is 1. The number of anilines is 1. The van der Waals surface area contributed by atoms with Gasteiger partial charge in [0.15, 0.2) is 11.5 Å². The van der Waals surface area contributed by atoms with Crippen LogP contribution in [0.3, 0.4) is 0 Å². The highest BCUT2D eigenvalue weighted by atomic mass is 16.5. The summed E-state index contributed by atoms with van der Waals surface area (Å²) < 4.78 is 5.11. The minimum absolute atomic E-state index is 0.181. The first kappa shape index (κ1) is 32.0. The maximum absolute atomic E-state index is 9.56. The standard InChI is InChI=1S/C18H34N4O2.C12H20N2/c1-24-18-14-16(6-7-17(18)23)15-22-13-5-12-21-10-3-2-9-20-11-4-8-19;1-3-14(4-2)12-11-8-6-5-7-10(11)9-13-12/h6-7,14,20-23H,2-5,8-13,15,19H2,1H3;9,13H,3-8H2,1-2H3. The van der Waals surface area contributed by atoms with Crippen LogP contribution in [0.5, 0.6) is 11.5 Å². The molecule has 8 heteroatoms. The van der Waals surface area contributed by atoms with Crippen LogP contribution in [0, 0.1) is 0 Å². The number of hydrogen-bond acceptors (Lipinski definition) is 7. The average Bonchev–Trinajstić information content (AvgIpc) is 3.37. The Morgan fingerprint density at radius 1 is 0.921 bits per heavy atom. The Labute approximate surface area is 231 Å². The van der Waals surface area contributed by atoms with Gasteiger partial charge >= 0.3 is 0 Å². The number of nitrogens with two attached hydrogens (primary N) is 1. The predicted molar refractivity (Wildman–Crippen MR) is 161 cm³/mol. The molecule has 1 aliphatic carbocycles. The molecule has 3 rings (SSSR count). The van der Waals surface area contributed by atoms with E-state index in [1.165, 1.54) is 44.3 Å². The monoisotopic (exact) mass is 530 g/mol. The van der Waals surface area contributed by atoms with Crippen LogP contribution in [-0.4, -0.2) is 69.6 Å². The third-order valence-electron chi connectivity index (χ3n) is 7.05. The lowest BCUT2D eigenvalue weighted by Crippen LogP contribution is -2.24. The van der Waals surface area contributed by atoms with Crippen molar-refractivity contribution in [3.8, 4) is 11.5 Å². The van der Waals surface area contributed by atoms with Crippen LogP contribution >= 0.6 is 0 Å². The second-order valence-corrected chi connectivity index (χ2v) is 9.91. The molecule has 7 N–H and O–H groups in total. The van der Waals surface area contributed by atoms with Gasteiger partial charge in [0.1, 0.15) is 5.82 Å². The fourth-order valence-electron chi connectivity index (χ4n) is 4.80. The third kappa shape index (κ3) is 11.6. The Hall–Kier alpha value is -2.26. The molecule has 0 unspecified atom stereocenters. The number of H-pyrrole nitrogens is 1. The summed E-state index contributed by atoms with van der Waals surface area (Å²) in [6, 6.07) is 5.44. The molecule has 0 fully saturated rings. The number of hydrogen-bond donors (Lipinski definition) is 6. The molecule has 2 aromatic rings. The zero-order chi connectivity index (χ0) is 27.4. The highest BCUT2D eigenvalue weighted by Crippen LogP contribution is 2.29. The molecule has 0 atom stereocenters. The topological polar surface area (TPSA) is 111 Å². The molecule has 0 amide bonds. The molecule has 8 nitrogen and oxygen atoms in total. The number of nitrogens with one attached hydrogen (secondary N) is 4. The lowest BCUT2D eigenvalue weighted by molar-refractivity contribution is 0.373. The van der Waals surface area contributed by atoms with Crippen molar-refractivity contribution in [3.05, 3.63) is 41.1 Å². The van der Waals surface area contributed by atoms with Crippen LogP contribution in [0.2, 0.25) is 0 Å². The Bertz CT molecular complexity index is 868. The van der Waals surface area contributed by atoms with E-state index in [2.05, 4.69) is 45.9 Å². The first-order valence-electron chi connectivity index (χ1n) is 14.8. The van der Waals surface area contributed by atoms with E-state index in [0.29, 0.717) is 5.75 Å². The summed E-state index contributed by atoms with van der Waals surface area (Å²) in [5.41, 5.74) is 9.69. The average molecular weight is 531 g/mol. The largest absolute Gasteiger partial charge is 0.504 e. The molecule has 1 heterocycles. The first-order valence-corrected chi connectivity index (χ1v) is 14.8. The van der Waals surface area contributed by atoms with Crippen molar-refractivity contribution in [1.29, 1.82) is 0 Å². The summed E-state index contributed by atoms with van der Waals surface area (Å²) in [6.07, 6.45) is 12.0. The van der Waals surface area contributed by atoms with Gasteiger partial charge in [0.25, 0.3) is 0 Å². The summed E-state index contributed by atoms with van der Waals surface area (Å²) in [6.45, 7) is 13.4. The van der Waals surface area contributed by atoms with E-state index in [0.717, 1.165) is 77.3 Å². The summed E-state index contributed by atoms with van der Waals surface area (Å²) >= 11 is 0. The van der Waals surface area contributed by atoms with E-state index in [-0.39, 0.29) is 5.75 Å². The number of phenolic OH excluding ortho intramolecular Hbond substituents is 1. The quantitative estimate of drug-likeness (QED) is 0.162. The zero-order valence-corrected chi connectivity index (χ0v) is 24.2. The van der Waals surface area contributed by atoms with Crippen molar-refractivity contribution < 1.29 is 9.84 Å². The third-order valence-corrected chi connectivity index (χ3v) is 7.05. The second-order valence-electron chi connectivity index (χ2n) is 9.91. The van der Waals surface area contributed by atoms with Crippen molar-refractivity contribution in [2.24, 2.45) is 5.73 Å². The van der Waals surface area contributed by atoms with Crippen LogP contribution in [0.25, 0.3) is 0 Å². The minimum atomic E-state index is 0.181. The van der Waals surface area contributed by atoms with E-state index < -0.39 is 0 Å². The van der Waals surface area contributed by atoms with Gasteiger partial charge in [0.05, 0.1) is 7.11 Å². The summed E-state index contributed by atoms with van der Waals surface area (Å²) in [5, 5.41) is 19.8. The van der Waals surface area contributed by atoms with Gasteiger partial charge in [-0.05, 0) is 133 Å². The number of phenols is 1. The summed E-state index contributed by atoms with van der Waals surface area (Å²) in [4.78, 5) is 5.86. The molecule has 0 bridgehead atoms. The summed E-state index contributed by atoms with van der Waals surface area (Å²) in [5.74, 6) is 2.08. The Kier molecular flexibility index (Phi) is 16.6. The zero-order valence-electron chi connectivity index (χ0n) is 24.2. The van der Waals surface area contributed by atoms with Gasteiger partial charge in [0, 0.05) is 25.8 Å². The number of aromatic nitrogens is 1. The Morgan fingerprint density at radius 3 is 2.26 bits per heavy atom. The van der Waals surface area contributed by atoms with Gasteiger partial charge in [-0.1, -0.05) is 6.07 Å². The number of ether oxygens (including phenoxy) is 1. The van der Waals surface area contributed by atoms with Gasteiger partial charge < -0.3 is 41.4 Å². The first-order chi connectivity index (χ1) is 18.6. The second kappa shape index (κ2) is 19.8. The smallest absolute Gasteiger partial charge is 0.160 e. The normalized spacial score (nSPS) is 12.5. The number of methoxy groups -OCH3 is 1. The molecule has 0 saturated carbocycles. The number of aryl methyl sites for hydroxylation is 1. The highest BCUT2D eigenvalue weighted by molar-refractivity contribution is 5.52. The van der Waals surface area contributed by atoms with Crippen LogP contribution in [0.15, 0.2) is 24.4 Å². The van der Waals surface area contributed by atoms with Crippen molar-refractivity contribution in [3.63, 3.8) is 0 Å². The van der Waals surface area contributed by atoms with Gasteiger partial charge in [0.2, 0.25) is 0 Å². The van der Waals surface area contributed by atoms with E-state index in [1.807, 2.05) is 12.1 Å². The predicted octanol–water partition coefficient (Wildman–Crippen LogP) is 3.93. The lowest BCUT2D eigenvalue weighted by atomic mass is 9.95. The van der Waals surface area contributed by atoms with E-state index in [4.69, 9.17) is 10.5 Å². The lowest BCUT2D eigenvalue weighted by Gasteiger charge is -2.22. The number of benzene rings is 1. The van der Waals surface area contributed by atoms with Crippen molar-refractivity contribution >= 4 is 5.82 Å². The summed E-state index contributed by atoms with van der Waals surface area (Å²) in [7, 11) is 1.56. The van der Waals surface area contributed by atoms with Crippen LogP contribution in [0.1, 0.15) is 69.1 Å². The fraction of sp³-hybridized carbons (Fsp3) is 0.667. The molecule has 0 spiro atoms. The number of nitrogens with zero attached hydrogens (tertiary/aromatic N) is 1. The molecule has 1 aromatic heterocycles. The van der Waals surface area contributed by atoms with Gasteiger partial charge in [-0.2, -0.15) is 0 Å². The van der Waals surface area contributed by atoms with E-state index >= 15 is 0 Å². The molecular formula is C30H54N6O2. The van der Waals surface area contributed by atoms with E-state index in [9.17, 15) is 5.11 Å². The van der Waals surface area contributed by atoms with Gasteiger partial charge in [-0.3, -0.25) is 0 Å². The molecule has 0 aliphatic heterocycles. The van der Waals surface area contributed by atoms with Crippen molar-refractivity contribution in [2.45, 2.75) is 71.8 Å². The van der Waals surface area contributed by atoms with Crippen LogP contribution in [0.4, 0.5) is 5.82 Å². The van der Waals surface area contributed by atoms with Gasteiger partial charge in [-0.15, -0.1) is 0 Å².